The second-order valence-electron chi connectivity index (χ2n) is 4.91. The molecule has 0 saturated heterocycles. The minimum absolute atomic E-state index is 0.0676. The number of nitrogens with one attached hydrogen (secondary N) is 2. The van der Waals surface area contributed by atoms with Crippen LogP contribution in [-0.4, -0.2) is 67.4 Å². The highest BCUT2D eigenvalue weighted by Crippen LogP contribution is 2.03. The van der Waals surface area contributed by atoms with Gasteiger partial charge in [0.05, 0.1) is 18.8 Å². The van der Waals surface area contributed by atoms with E-state index in [1.165, 1.54) is 7.11 Å². The van der Waals surface area contributed by atoms with E-state index in [1.807, 2.05) is 6.92 Å². The Kier molecular flexibility index (Phi) is 8.29. The molecule has 112 valence electrons. The predicted octanol–water partition coefficient (Wildman–Crippen LogP) is -0.449. The van der Waals surface area contributed by atoms with Gasteiger partial charge < -0.3 is 15.2 Å². The maximum absolute atomic E-state index is 11.6. The first-order valence-electron chi connectivity index (χ1n) is 6.30. The maximum atomic E-state index is 11.6. The minimum atomic E-state index is -0.878. The number of methoxy groups -OCH3 is 1. The van der Waals surface area contributed by atoms with Gasteiger partial charge in [0.1, 0.15) is 0 Å². The number of rotatable bonds is 8. The highest BCUT2D eigenvalue weighted by atomic mass is 16.5. The van der Waals surface area contributed by atoms with Crippen molar-refractivity contribution in [2.24, 2.45) is 0 Å². The van der Waals surface area contributed by atoms with Gasteiger partial charge in [-0.15, -0.1) is 0 Å². The third kappa shape index (κ3) is 10.4. The first-order chi connectivity index (χ1) is 8.78. The Bertz CT molecular complexity index is 289. The number of hydrogen-bond acceptors (Lipinski definition) is 5. The number of carbonyl (C=O) groups excluding carboxylic acids is 2. The molecule has 0 rings (SSSR count). The summed E-state index contributed by atoms with van der Waals surface area (Å²) in [5.41, 5.74) is -0.878. The van der Waals surface area contributed by atoms with Crippen molar-refractivity contribution in [1.29, 1.82) is 0 Å². The maximum Gasteiger partial charge on any atom is 0.321 e. The van der Waals surface area contributed by atoms with E-state index >= 15 is 0 Å². The lowest BCUT2D eigenvalue weighted by molar-refractivity contribution is -0.121. The summed E-state index contributed by atoms with van der Waals surface area (Å²) in [5, 5.41) is 14.4. The molecule has 0 unspecified atom stereocenters. The summed E-state index contributed by atoms with van der Waals surface area (Å²) in [6.07, 6.45) is 0. The van der Waals surface area contributed by atoms with E-state index in [0.717, 1.165) is 0 Å². The largest absolute Gasteiger partial charge is 0.389 e. The van der Waals surface area contributed by atoms with Crippen LogP contribution in [0.4, 0.5) is 4.79 Å². The molecule has 0 aliphatic heterocycles. The molecule has 7 heteroatoms. The van der Waals surface area contributed by atoms with Crippen LogP contribution in [0.25, 0.3) is 0 Å². The van der Waals surface area contributed by atoms with E-state index in [-0.39, 0.29) is 6.54 Å². The molecule has 3 amide bonds. The molecule has 0 heterocycles. The van der Waals surface area contributed by atoms with Crippen molar-refractivity contribution >= 4 is 11.9 Å². The minimum Gasteiger partial charge on any atom is -0.389 e. The summed E-state index contributed by atoms with van der Waals surface area (Å²) in [7, 11) is 1.53. The third-order valence-electron chi connectivity index (χ3n) is 2.27. The van der Waals surface area contributed by atoms with Gasteiger partial charge in [-0.3, -0.25) is 15.0 Å². The van der Waals surface area contributed by atoms with Gasteiger partial charge in [-0.05, 0) is 20.4 Å². The zero-order valence-corrected chi connectivity index (χ0v) is 12.2. The molecule has 7 nitrogen and oxygen atoms in total. The molecule has 0 aromatic rings. The number of ether oxygens (including phenoxy) is 1. The van der Waals surface area contributed by atoms with Crippen molar-refractivity contribution in [3.63, 3.8) is 0 Å². The normalized spacial score (nSPS) is 11.5. The van der Waals surface area contributed by atoms with Crippen LogP contribution < -0.4 is 10.6 Å². The molecule has 0 aromatic carbocycles. The Morgan fingerprint density at radius 2 is 2.00 bits per heavy atom. The molecule has 0 atom stereocenters. The molecule has 0 spiro atoms. The fourth-order valence-corrected chi connectivity index (χ4v) is 1.51. The lowest BCUT2D eigenvalue weighted by Gasteiger charge is -2.27. The summed E-state index contributed by atoms with van der Waals surface area (Å²) in [6.45, 7) is 7.01. The summed E-state index contributed by atoms with van der Waals surface area (Å²) in [5.74, 6) is -0.402. The van der Waals surface area contributed by atoms with Gasteiger partial charge in [0.25, 0.3) is 0 Å². The van der Waals surface area contributed by atoms with Crippen LogP contribution in [0, 0.1) is 0 Å². The van der Waals surface area contributed by atoms with Crippen molar-refractivity contribution in [1.82, 2.24) is 15.5 Å². The monoisotopic (exact) mass is 275 g/mol. The molecule has 0 aromatic heterocycles. The number of nitrogens with zero attached hydrogens (tertiary/aromatic N) is 1. The van der Waals surface area contributed by atoms with Crippen LogP contribution in [0.1, 0.15) is 20.8 Å². The van der Waals surface area contributed by atoms with Crippen LogP contribution in [0.15, 0.2) is 0 Å². The molecule has 0 bridgehead atoms. The van der Waals surface area contributed by atoms with Crippen molar-refractivity contribution < 1.29 is 19.4 Å². The van der Waals surface area contributed by atoms with E-state index in [9.17, 15) is 14.7 Å². The Morgan fingerprint density at radius 1 is 1.37 bits per heavy atom. The SMILES string of the molecule is CCN(CC(=O)NC(=O)NCCOC)CC(C)(C)O. The van der Waals surface area contributed by atoms with Gasteiger partial charge >= 0.3 is 6.03 Å². The molecule has 0 radical (unpaired) electrons. The van der Waals surface area contributed by atoms with Crippen LogP contribution in [-0.2, 0) is 9.53 Å². The standard InChI is InChI=1S/C12H25N3O4/c1-5-15(9-12(2,3)18)8-10(16)14-11(17)13-6-7-19-4/h18H,5-9H2,1-4H3,(H2,13,14,16,17). The Hall–Kier alpha value is -1.18. The number of imide groups is 1. The Morgan fingerprint density at radius 3 is 2.47 bits per heavy atom. The quantitative estimate of drug-likeness (QED) is 0.522. The number of urea groups is 1. The first kappa shape index (κ1) is 17.8. The molecule has 0 aliphatic carbocycles. The van der Waals surface area contributed by atoms with Crippen LogP contribution in [0.2, 0.25) is 0 Å². The zero-order valence-electron chi connectivity index (χ0n) is 12.2. The van der Waals surface area contributed by atoms with E-state index in [4.69, 9.17) is 4.74 Å². The van der Waals surface area contributed by atoms with Crippen molar-refractivity contribution in [2.75, 3.05) is 39.9 Å². The summed E-state index contributed by atoms with van der Waals surface area (Å²) >= 11 is 0. The van der Waals surface area contributed by atoms with E-state index < -0.39 is 17.5 Å². The molecule has 0 fully saturated rings. The summed E-state index contributed by atoms with van der Waals surface area (Å²) in [6, 6.07) is -0.540. The average molecular weight is 275 g/mol. The molecule has 3 N–H and O–H groups in total. The van der Waals surface area contributed by atoms with Gasteiger partial charge in [0.15, 0.2) is 0 Å². The number of hydrogen-bond donors (Lipinski definition) is 3. The highest BCUT2D eigenvalue weighted by Gasteiger charge is 2.19. The van der Waals surface area contributed by atoms with Gasteiger partial charge in [-0.1, -0.05) is 6.92 Å². The van der Waals surface area contributed by atoms with Gasteiger partial charge in [0, 0.05) is 20.2 Å². The molecule has 19 heavy (non-hydrogen) atoms. The highest BCUT2D eigenvalue weighted by molar-refractivity contribution is 5.95. The van der Waals surface area contributed by atoms with Crippen molar-refractivity contribution in [3.05, 3.63) is 0 Å². The summed E-state index contributed by atoms with van der Waals surface area (Å²) < 4.78 is 4.77. The number of amides is 3. The fraction of sp³-hybridized carbons (Fsp3) is 0.833. The van der Waals surface area contributed by atoms with Crippen molar-refractivity contribution in [2.45, 2.75) is 26.4 Å². The number of carbonyl (C=O) groups is 2. The smallest absolute Gasteiger partial charge is 0.321 e. The molecule has 0 saturated carbocycles. The Labute approximate surface area is 114 Å². The third-order valence-corrected chi connectivity index (χ3v) is 2.27. The molecular weight excluding hydrogens is 250 g/mol. The number of aliphatic hydroxyl groups is 1. The van der Waals surface area contributed by atoms with E-state index in [0.29, 0.717) is 26.2 Å². The molecule has 0 aliphatic rings. The van der Waals surface area contributed by atoms with Crippen LogP contribution >= 0.6 is 0 Å². The predicted molar refractivity (Wildman–Crippen MR) is 71.8 cm³/mol. The zero-order chi connectivity index (χ0) is 14.9. The van der Waals surface area contributed by atoms with Gasteiger partial charge in [0.2, 0.25) is 5.91 Å². The Balaban J connectivity index is 4.03. The molecular formula is C12H25N3O4. The van der Waals surface area contributed by atoms with Gasteiger partial charge in [-0.25, -0.2) is 4.79 Å². The lowest BCUT2D eigenvalue weighted by Crippen LogP contribution is -2.47. The van der Waals surface area contributed by atoms with Gasteiger partial charge in [-0.2, -0.15) is 0 Å². The topological polar surface area (TPSA) is 90.9 Å². The lowest BCUT2D eigenvalue weighted by atomic mass is 10.1. The average Bonchev–Trinajstić information content (AvgIpc) is 2.26. The first-order valence-corrected chi connectivity index (χ1v) is 6.30. The van der Waals surface area contributed by atoms with Crippen molar-refractivity contribution in [3.8, 4) is 0 Å². The van der Waals surface area contributed by atoms with Crippen LogP contribution in [0.3, 0.4) is 0 Å². The van der Waals surface area contributed by atoms with E-state index in [1.54, 1.807) is 18.7 Å². The van der Waals surface area contributed by atoms with Crippen LogP contribution in [0.5, 0.6) is 0 Å². The fourth-order valence-electron chi connectivity index (χ4n) is 1.51. The summed E-state index contributed by atoms with van der Waals surface area (Å²) in [4.78, 5) is 24.7. The second kappa shape index (κ2) is 8.84. The van der Waals surface area contributed by atoms with E-state index in [2.05, 4.69) is 10.6 Å². The number of likely N-dealkylation sites (N-methyl/N-ethyl adjacent to an activating group) is 1. The second-order valence-corrected chi connectivity index (χ2v) is 4.91.